The molecule has 0 aliphatic carbocycles. The highest BCUT2D eigenvalue weighted by atomic mass is 79.9. The van der Waals surface area contributed by atoms with E-state index >= 15 is 0 Å². The maximum absolute atomic E-state index is 5.35. The summed E-state index contributed by atoms with van der Waals surface area (Å²) in [5, 5.41) is 2.10. The van der Waals surface area contributed by atoms with E-state index in [2.05, 4.69) is 60.7 Å². The third-order valence-corrected chi connectivity index (χ3v) is 4.38. The van der Waals surface area contributed by atoms with Gasteiger partial charge in [-0.3, -0.25) is 5.43 Å². The number of rotatable bonds is 5. The number of hydrazine groups is 1. The molecule has 2 rings (SSSR count). The van der Waals surface area contributed by atoms with Crippen LogP contribution in [-0.4, -0.2) is 23.1 Å². The van der Waals surface area contributed by atoms with Gasteiger partial charge in [0.25, 0.3) is 0 Å². The van der Waals surface area contributed by atoms with Crippen LogP contribution in [0, 0.1) is 0 Å². The molecule has 102 valence electrons. The van der Waals surface area contributed by atoms with Crippen LogP contribution < -0.4 is 16.2 Å². The molecule has 0 bridgehead atoms. The highest BCUT2D eigenvalue weighted by Gasteiger charge is 2.16. The van der Waals surface area contributed by atoms with Crippen molar-refractivity contribution in [1.82, 2.24) is 9.97 Å². The van der Waals surface area contributed by atoms with Gasteiger partial charge in [-0.2, -0.15) is 4.98 Å². The van der Waals surface area contributed by atoms with Crippen LogP contribution in [0.4, 0.5) is 11.8 Å². The predicted octanol–water partition coefficient (Wildman–Crippen LogP) is 2.65. The predicted molar refractivity (Wildman–Crippen MR) is 83.4 cm³/mol. The van der Waals surface area contributed by atoms with Gasteiger partial charge in [0.1, 0.15) is 5.82 Å². The molecular weight excluding hydrogens is 326 g/mol. The number of halogens is 1. The first kappa shape index (κ1) is 14.2. The smallest absolute Gasteiger partial charge is 0.239 e. The first-order valence-corrected chi connectivity index (χ1v) is 7.53. The number of nitrogens with zero attached hydrogens (tertiary/aromatic N) is 3. The Kier molecular flexibility index (Phi) is 4.73. The van der Waals surface area contributed by atoms with Crippen molar-refractivity contribution in [3.8, 4) is 0 Å². The summed E-state index contributed by atoms with van der Waals surface area (Å²) >= 11 is 5.25. The molecule has 0 aromatic carbocycles. The lowest BCUT2D eigenvalue weighted by atomic mass is 10.2. The number of nitrogen functional groups attached to an aromatic ring is 1. The summed E-state index contributed by atoms with van der Waals surface area (Å²) < 4.78 is 0.854. The van der Waals surface area contributed by atoms with Crippen LogP contribution >= 0.6 is 27.3 Å². The van der Waals surface area contributed by atoms with Gasteiger partial charge in [-0.15, -0.1) is 11.3 Å². The molecule has 0 amide bonds. The van der Waals surface area contributed by atoms with Crippen LogP contribution in [0.1, 0.15) is 11.8 Å². The number of hydrogen-bond donors (Lipinski definition) is 2. The lowest BCUT2D eigenvalue weighted by molar-refractivity contribution is 0.678. The van der Waals surface area contributed by atoms with Gasteiger partial charge in [0.15, 0.2) is 0 Å². The maximum atomic E-state index is 5.35. The van der Waals surface area contributed by atoms with E-state index in [-0.39, 0.29) is 0 Å². The van der Waals surface area contributed by atoms with E-state index in [1.54, 1.807) is 17.5 Å². The third-order valence-electron chi connectivity index (χ3n) is 2.93. The van der Waals surface area contributed by atoms with Gasteiger partial charge >= 0.3 is 0 Å². The van der Waals surface area contributed by atoms with E-state index in [1.165, 1.54) is 4.88 Å². The molecule has 2 heterocycles. The minimum Gasteiger partial charge on any atom is -0.356 e. The summed E-state index contributed by atoms with van der Waals surface area (Å²) in [6.07, 6.45) is 2.68. The Morgan fingerprint density at radius 1 is 1.58 bits per heavy atom. The molecule has 19 heavy (non-hydrogen) atoms. The van der Waals surface area contributed by atoms with Gasteiger partial charge in [0, 0.05) is 30.6 Å². The fourth-order valence-corrected chi connectivity index (χ4v) is 3.04. The van der Waals surface area contributed by atoms with E-state index in [1.807, 2.05) is 7.05 Å². The first-order chi connectivity index (χ1) is 9.11. The van der Waals surface area contributed by atoms with E-state index in [0.29, 0.717) is 12.0 Å². The monoisotopic (exact) mass is 341 g/mol. The summed E-state index contributed by atoms with van der Waals surface area (Å²) in [4.78, 5) is 11.9. The van der Waals surface area contributed by atoms with Gasteiger partial charge in [0.2, 0.25) is 5.95 Å². The second kappa shape index (κ2) is 6.31. The van der Waals surface area contributed by atoms with Crippen molar-refractivity contribution in [2.75, 3.05) is 17.4 Å². The molecule has 0 aliphatic rings. The van der Waals surface area contributed by atoms with Gasteiger partial charge in [-0.25, -0.2) is 10.8 Å². The van der Waals surface area contributed by atoms with Crippen molar-refractivity contribution in [1.29, 1.82) is 0 Å². The fourth-order valence-electron chi connectivity index (χ4n) is 1.74. The molecule has 0 aliphatic heterocycles. The lowest BCUT2D eigenvalue weighted by Crippen LogP contribution is -2.32. The summed E-state index contributed by atoms with van der Waals surface area (Å²) in [6.45, 7) is 2.17. The molecule has 0 saturated carbocycles. The second-order valence-electron chi connectivity index (χ2n) is 4.25. The molecule has 1 unspecified atom stereocenters. The molecular formula is C12H16BrN5S. The quantitative estimate of drug-likeness (QED) is 0.646. The summed E-state index contributed by atoms with van der Waals surface area (Å²) in [7, 11) is 2.02. The van der Waals surface area contributed by atoms with Crippen LogP contribution in [0.15, 0.2) is 28.2 Å². The average Bonchev–Trinajstić information content (AvgIpc) is 2.91. The lowest BCUT2D eigenvalue weighted by Gasteiger charge is -2.26. The van der Waals surface area contributed by atoms with Gasteiger partial charge in [0.05, 0.1) is 4.47 Å². The Morgan fingerprint density at radius 2 is 2.37 bits per heavy atom. The van der Waals surface area contributed by atoms with Crippen molar-refractivity contribution < 1.29 is 0 Å². The third kappa shape index (κ3) is 3.43. The molecule has 5 nitrogen and oxygen atoms in total. The highest BCUT2D eigenvalue weighted by Crippen LogP contribution is 2.26. The Hall–Kier alpha value is -1.18. The van der Waals surface area contributed by atoms with Crippen molar-refractivity contribution >= 4 is 39.0 Å². The molecule has 0 radical (unpaired) electrons. The normalized spacial score (nSPS) is 12.2. The van der Waals surface area contributed by atoms with Crippen LogP contribution in [0.3, 0.4) is 0 Å². The van der Waals surface area contributed by atoms with E-state index in [0.717, 1.165) is 16.7 Å². The minimum absolute atomic E-state index is 0.329. The average molecular weight is 342 g/mol. The van der Waals surface area contributed by atoms with Crippen molar-refractivity contribution in [3.63, 3.8) is 0 Å². The number of nitrogens with one attached hydrogen (secondary N) is 1. The summed E-state index contributed by atoms with van der Waals surface area (Å²) in [5.41, 5.74) is 2.47. The van der Waals surface area contributed by atoms with Crippen LogP contribution in [0.2, 0.25) is 0 Å². The van der Waals surface area contributed by atoms with Gasteiger partial charge in [-0.05, 0) is 34.3 Å². The highest BCUT2D eigenvalue weighted by molar-refractivity contribution is 9.10. The Balaban J connectivity index is 2.16. The Bertz CT molecular complexity index is 531. The van der Waals surface area contributed by atoms with Crippen LogP contribution in [0.5, 0.6) is 0 Å². The topological polar surface area (TPSA) is 67.1 Å². The largest absolute Gasteiger partial charge is 0.356 e. The molecule has 0 saturated heterocycles. The van der Waals surface area contributed by atoms with E-state index in [4.69, 9.17) is 5.84 Å². The fraction of sp³-hybridized carbons (Fsp3) is 0.333. The standard InChI is InChI=1S/C12H16BrN5S/c1-8(6-9-4-3-5-19-9)18(2)11-10(13)7-15-12(16-11)17-14/h3-5,7-8H,6,14H2,1-2H3,(H,15,16,17). The van der Waals surface area contributed by atoms with Gasteiger partial charge < -0.3 is 4.90 Å². The molecule has 2 aromatic rings. The number of thiophene rings is 1. The second-order valence-corrected chi connectivity index (χ2v) is 6.14. The number of nitrogens with two attached hydrogens (primary N) is 1. The number of likely N-dealkylation sites (N-methyl/N-ethyl adjacent to an activating group) is 1. The molecule has 3 N–H and O–H groups in total. The van der Waals surface area contributed by atoms with E-state index < -0.39 is 0 Å². The van der Waals surface area contributed by atoms with Crippen LogP contribution in [0.25, 0.3) is 0 Å². The zero-order valence-electron chi connectivity index (χ0n) is 10.8. The zero-order chi connectivity index (χ0) is 13.8. The maximum Gasteiger partial charge on any atom is 0.239 e. The number of hydrogen-bond acceptors (Lipinski definition) is 6. The summed E-state index contributed by atoms with van der Waals surface area (Å²) in [6, 6.07) is 4.55. The minimum atomic E-state index is 0.329. The van der Waals surface area contributed by atoms with E-state index in [9.17, 15) is 0 Å². The Morgan fingerprint density at radius 3 is 3.00 bits per heavy atom. The van der Waals surface area contributed by atoms with Crippen LogP contribution in [-0.2, 0) is 6.42 Å². The molecule has 7 heteroatoms. The molecule has 0 fully saturated rings. The zero-order valence-corrected chi connectivity index (χ0v) is 13.2. The first-order valence-electron chi connectivity index (χ1n) is 5.86. The van der Waals surface area contributed by atoms with Crippen molar-refractivity contribution in [3.05, 3.63) is 33.1 Å². The number of aromatic nitrogens is 2. The SMILES string of the molecule is CC(Cc1cccs1)N(C)c1nc(NN)ncc1Br. The van der Waals surface area contributed by atoms with Crippen molar-refractivity contribution in [2.24, 2.45) is 5.84 Å². The number of anilines is 2. The summed E-state index contributed by atoms with van der Waals surface area (Å²) in [5.74, 6) is 6.58. The molecule has 0 spiro atoms. The molecule has 2 aromatic heterocycles. The van der Waals surface area contributed by atoms with Gasteiger partial charge in [-0.1, -0.05) is 6.07 Å². The Labute approximate surface area is 125 Å². The van der Waals surface area contributed by atoms with Crippen molar-refractivity contribution in [2.45, 2.75) is 19.4 Å². The molecule has 1 atom stereocenters.